The van der Waals surface area contributed by atoms with E-state index in [1.165, 1.54) is 11.1 Å². The Labute approximate surface area is 99.9 Å². The Bertz CT molecular complexity index is 490. The van der Waals surface area contributed by atoms with E-state index < -0.39 is 32.9 Å². The topological polar surface area (TPSA) is 116 Å². The third kappa shape index (κ3) is 8.80. The van der Waals surface area contributed by atoms with Crippen molar-refractivity contribution in [2.45, 2.75) is 6.92 Å². The molecule has 0 saturated heterocycles. The summed E-state index contributed by atoms with van der Waals surface area (Å²) < 4.78 is 53.1. The summed E-state index contributed by atoms with van der Waals surface area (Å²) in [5, 5.41) is 0. The van der Waals surface area contributed by atoms with Gasteiger partial charge in [-0.25, -0.2) is 13.2 Å². The Morgan fingerprint density at radius 1 is 1.24 bits per heavy atom. The molecule has 0 unspecified atom stereocenters. The van der Waals surface area contributed by atoms with Gasteiger partial charge >= 0.3 is 16.3 Å². The van der Waals surface area contributed by atoms with Gasteiger partial charge in [0.2, 0.25) is 10.0 Å². The van der Waals surface area contributed by atoms with Gasteiger partial charge in [0.15, 0.2) is 0 Å². The summed E-state index contributed by atoms with van der Waals surface area (Å²) in [6.45, 7) is 3.89. The molecular formula is C7H13NO7S2. The minimum Gasteiger partial charge on any atom is -0.460 e. The van der Waals surface area contributed by atoms with E-state index in [2.05, 4.69) is 15.5 Å². The van der Waals surface area contributed by atoms with E-state index in [1.807, 2.05) is 0 Å². The van der Waals surface area contributed by atoms with Crippen molar-refractivity contribution in [3.8, 4) is 0 Å². The number of hydrogen-bond donors (Lipinski definition) is 1. The van der Waals surface area contributed by atoms with Crippen LogP contribution in [0.4, 0.5) is 0 Å². The van der Waals surface area contributed by atoms with Gasteiger partial charge in [0, 0.05) is 5.57 Å². The summed E-state index contributed by atoms with van der Waals surface area (Å²) in [5.74, 6) is -0.693. The maximum absolute atomic E-state index is 11.0. The lowest BCUT2D eigenvalue weighted by Gasteiger charge is -2.06. The molecule has 10 heteroatoms. The van der Waals surface area contributed by atoms with Gasteiger partial charge in [-0.1, -0.05) is 10.7 Å². The summed E-state index contributed by atoms with van der Waals surface area (Å²) >= 11 is 0. The maximum Gasteiger partial charge on any atom is 0.349 e. The Morgan fingerprint density at radius 2 is 1.76 bits per heavy atom. The summed E-state index contributed by atoms with van der Waals surface area (Å²) in [7, 11) is -8.34. The first kappa shape index (κ1) is 16.0. The monoisotopic (exact) mass is 287 g/mol. The highest BCUT2D eigenvalue weighted by atomic mass is 32.3. The average Bonchev–Trinajstić information content (AvgIpc) is 2.07. The maximum atomic E-state index is 11.0. The first-order valence-electron chi connectivity index (χ1n) is 4.24. The molecule has 0 rings (SSSR count). The molecule has 0 atom stereocenters. The number of sulfonamides is 1. The summed E-state index contributed by atoms with van der Waals surface area (Å²) in [6, 6.07) is 0. The summed E-state index contributed by atoms with van der Waals surface area (Å²) in [4.78, 5) is 10.9. The SMILES string of the molecule is C=C(C)C(=O)OCCOS(=O)(=O)NS(C)(=O)=O. The van der Waals surface area contributed by atoms with E-state index in [0.717, 1.165) is 0 Å². The Balaban J connectivity index is 4.06. The highest BCUT2D eigenvalue weighted by Gasteiger charge is 2.17. The molecule has 8 nitrogen and oxygen atoms in total. The van der Waals surface area contributed by atoms with E-state index >= 15 is 0 Å². The fourth-order valence-corrected chi connectivity index (χ4v) is 2.57. The molecule has 0 aliphatic heterocycles. The lowest BCUT2D eigenvalue weighted by Crippen LogP contribution is -2.32. The molecule has 0 aromatic rings. The van der Waals surface area contributed by atoms with Gasteiger partial charge in [0.25, 0.3) is 0 Å². The van der Waals surface area contributed by atoms with Gasteiger partial charge in [-0.15, -0.1) is 0 Å². The second-order valence-electron chi connectivity index (χ2n) is 3.05. The van der Waals surface area contributed by atoms with Crippen LogP contribution in [-0.4, -0.2) is 42.3 Å². The lowest BCUT2D eigenvalue weighted by molar-refractivity contribution is -0.139. The molecule has 0 aliphatic rings. The normalized spacial score (nSPS) is 12.1. The van der Waals surface area contributed by atoms with Crippen LogP contribution < -0.4 is 4.13 Å². The van der Waals surface area contributed by atoms with Crippen LogP contribution in [0.3, 0.4) is 0 Å². The lowest BCUT2D eigenvalue weighted by atomic mass is 10.4. The first-order chi connectivity index (χ1) is 7.53. The van der Waals surface area contributed by atoms with Crippen molar-refractivity contribution in [1.29, 1.82) is 0 Å². The van der Waals surface area contributed by atoms with Crippen LogP contribution in [0.25, 0.3) is 0 Å². The van der Waals surface area contributed by atoms with Gasteiger partial charge in [-0.2, -0.15) is 8.42 Å². The highest BCUT2D eigenvalue weighted by molar-refractivity contribution is 8.02. The second-order valence-corrected chi connectivity index (χ2v) is 6.40. The predicted octanol–water partition coefficient (Wildman–Crippen LogP) is -1.08. The predicted molar refractivity (Wildman–Crippen MR) is 58.6 cm³/mol. The molecule has 0 heterocycles. The standard InChI is InChI=1S/C7H13NO7S2/c1-6(2)7(9)14-4-5-15-17(12,13)8-16(3,10)11/h8H,1,4-5H2,2-3H3. The molecule has 0 saturated carbocycles. The molecule has 0 spiro atoms. The van der Waals surface area contributed by atoms with Crippen LogP contribution in [0.15, 0.2) is 12.2 Å². The number of nitrogens with one attached hydrogen (secondary N) is 1. The first-order valence-corrected chi connectivity index (χ1v) is 7.54. The average molecular weight is 287 g/mol. The Morgan fingerprint density at radius 3 is 2.18 bits per heavy atom. The quantitative estimate of drug-likeness (QED) is 0.359. The van der Waals surface area contributed by atoms with E-state index in [0.29, 0.717) is 6.26 Å². The van der Waals surface area contributed by atoms with E-state index in [-0.39, 0.29) is 12.2 Å². The van der Waals surface area contributed by atoms with Crippen molar-refractivity contribution in [2.75, 3.05) is 19.5 Å². The van der Waals surface area contributed by atoms with Crippen molar-refractivity contribution in [2.24, 2.45) is 0 Å². The van der Waals surface area contributed by atoms with Crippen molar-refractivity contribution < 1.29 is 30.6 Å². The molecule has 0 bridgehead atoms. The zero-order valence-corrected chi connectivity index (χ0v) is 10.9. The molecule has 0 radical (unpaired) electrons. The largest absolute Gasteiger partial charge is 0.460 e. The number of esters is 1. The molecule has 100 valence electrons. The van der Waals surface area contributed by atoms with Crippen molar-refractivity contribution in [3.05, 3.63) is 12.2 Å². The van der Waals surface area contributed by atoms with Crippen LogP contribution in [0.1, 0.15) is 6.92 Å². The number of ether oxygens (including phenoxy) is 1. The third-order valence-corrected chi connectivity index (χ3v) is 3.66. The summed E-state index contributed by atoms with van der Waals surface area (Å²) in [5.41, 5.74) is 0.155. The third-order valence-electron chi connectivity index (χ3n) is 1.16. The van der Waals surface area contributed by atoms with Crippen molar-refractivity contribution >= 4 is 26.3 Å². The fourth-order valence-electron chi connectivity index (χ4n) is 0.611. The minimum absolute atomic E-state index is 0.155. The van der Waals surface area contributed by atoms with Gasteiger partial charge in [-0.05, 0) is 6.92 Å². The van der Waals surface area contributed by atoms with Gasteiger partial charge in [0.05, 0.1) is 6.26 Å². The van der Waals surface area contributed by atoms with Crippen LogP contribution in [0.2, 0.25) is 0 Å². The second kappa shape index (κ2) is 6.10. The molecule has 1 N–H and O–H groups in total. The smallest absolute Gasteiger partial charge is 0.349 e. The van der Waals surface area contributed by atoms with Gasteiger partial charge < -0.3 is 4.74 Å². The van der Waals surface area contributed by atoms with Crippen LogP contribution >= 0.6 is 0 Å². The fraction of sp³-hybridized carbons (Fsp3) is 0.571. The van der Waals surface area contributed by atoms with Gasteiger partial charge in [0.1, 0.15) is 13.2 Å². The molecule has 0 aromatic carbocycles. The number of hydrogen-bond acceptors (Lipinski definition) is 7. The van der Waals surface area contributed by atoms with Crippen LogP contribution in [-0.2, 0) is 34.0 Å². The number of carbonyl (C=O) groups is 1. The number of carbonyl (C=O) groups excluding carboxylic acids is 1. The van der Waals surface area contributed by atoms with Crippen LogP contribution in [0, 0.1) is 0 Å². The van der Waals surface area contributed by atoms with E-state index in [4.69, 9.17) is 0 Å². The Hall–Kier alpha value is -0.970. The molecule has 17 heavy (non-hydrogen) atoms. The van der Waals surface area contributed by atoms with Gasteiger partial charge in [-0.3, -0.25) is 4.18 Å². The van der Waals surface area contributed by atoms with Crippen LogP contribution in [0.5, 0.6) is 0 Å². The zero-order chi connectivity index (χ0) is 13.7. The molecular weight excluding hydrogens is 274 g/mol. The highest BCUT2D eigenvalue weighted by Crippen LogP contribution is 1.94. The number of rotatable bonds is 7. The van der Waals surface area contributed by atoms with E-state index in [1.54, 1.807) is 0 Å². The van der Waals surface area contributed by atoms with E-state index in [9.17, 15) is 21.6 Å². The molecule has 0 aromatic heterocycles. The molecule has 0 amide bonds. The molecule has 0 fully saturated rings. The zero-order valence-electron chi connectivity index (χ0n) is 9.30. The minimum atomic E-state index is -4.41. The summed E-state index contributed by atoms with van der Waals surface area (Å²) in [6.07, 6.45) is 0.662. The van der Waals surface area contributed by atoms with Crippen molar-refractivity contribution in [3.63, 3.8) is 0 Å². The van der Waals surface area contributed by atoms with Crippen molar-refractivity contribution in [1.82, 2.24) is 4.13 Å². The molecule has 0 aliphatic carbocycles. The Kier molecular flexibility index (Phi) is 5.75.